The second-order valence-corrected chi connectivity index (χ2v) is 7.31. The third-order valence-electron chi connectivity index (χ3n) is 5.53. The van der Waals surface area contributed by atoms with Crippen LogP contribution in [-0.4, -0.2) is 40.5 Å². The molecule has 3 aliphatic heterocycles. The van der Waals surface area contributed by atoms with Crippen LogP contribution in [0.15, 0.2) is 48.7 Å². The second kappa shape index (κ2) is 7.35. The van der Waals surface area contributed by atoms with Crippen LogP contribution in [0.4, 0.5) is 0 Å². The van der Waals surface area contributed by atoms with E-state index in [2.05, 4.69) is 39.1 Å². The third kappa shape index (κ3) is 3.73. The van der Waals surface area contributed by atoms with Crippen molar-refractivity contribution in [3.05, 3.63) is 65.5 Å². The van der Waals surface area contributed by atoms with E-state index < -0.39 is 0 Å². The molecule has 0 radical (unpaired) electrons. The minimum atomic E-state index is 0.593. The summed E-state index contributed by atoms with van der Waals surface area (Å²) >= 11 is 0. The van der Waals surface area contributed by atoms with Crippen molar-refractivity contribution < 1.29 is 0 Å². The highest BCUT2D eigenvalue weighted by molar-refractivity contribution is 5.37. The van der Waals surface area contributed by atoms with Crippen LogP contribution in [0.1, 0.15) is 29.7 Å². The van der Waals surface area contributed by atoms with Gasteiger partial charge in [0.2, 0.25) is 0 Å². The number of fused-ring (bicyclic) bond motifs is 4. The number of piperidine rings is 1. The van der Waals surface area contributed by atoms with Crippen molar-refractivity contribution in [2.24, 2.45) is 5.92 Å². The lowest BCUT2D eigenvalue weighted by atomic mass is 9.95. The number of pyridine rings is 1. The summed E-state index contributed by atoms with van der Waals surface area (Å²) in [7, 11) is 0. The fourth-order valence-electron chi connectivity index (χ4n) is 4.31. The van der Waals surface area contributed by atoms with Gasteiger partial charge >= 0.3 is 0 Å². The maximum absolute atomic E-state index is 9.34. The SMILES string of the molecule is N#Cc1ccccc1CN1C[C@H]2CC[C@@H](C1)N(Cc1ccccn1)C2. The monoisotopic (exact) mass is 332 g/mol. The van der Waals surface area contributed by atoms with Gasteiger partial charge in [0, 0.05) is 45.0 Å². The predicted molar refractivity (Wildman–Crippen MR) is 97.6 cm³/mol. The lowest BCUT2D eigenvalue weighted by Gasteiger charge is -2.35. The summed E-state index contributed by atoms with van der Waals surface area (Å²) in [6.07, 6.45) is 4.48. The first-order chi connectivity index (χ1) is 12.3. The van der Waals surface area contributed by atoms with Gasteiger partial charge in [-0.3, -0.25) is 14.8 Å². The van der Waals surface area contributed by atoms with E-state index in [0.29, 0.717) is 6.04 Å². The van der Waals surface area contributed by atoms with E-state index in [1.165, 1.54) is 12.8 Å². The molecule has 1 aromatic carbocycles. The van der Waals surface area contributed by atoms with Gasteiger partial charge in [0.05, 0.1) is 17.3 Å². The van der Waals surface area contributed by atoms with Crippen LogP contribution in [0.25, 0.3) is 0 Å². The van der Waals surface area contributed by atoms with E-state index in [4.69, 9.17) is 0 Å². The number of hydrogen-bond donors (Lipinski definition) is 0. The van der Waals surface area contributed by atoms with Gasteiger partial charge in [0.25, 0.3) is 0 Å². The zero-order valence-corrected chi connectivity index (χ0v) is 14.5. The summed E-state index contributed by atoms with van der Waals surface area (Å²) in [5, 5.41) is 9.34. The molecule has 0 saturated carbocycles. The molecule has 25 heavy (non-hydrogen) atoms. The zero-order valence-electron chi connectivity index (χ0n) is 14.5. The molecular weight excluding hydrogens is 308 g/mol. The molecule has 4 heterocycles. The summed E-state index contributed by atoms with van der Waals surface area (Å²) in [5.74, 6) is 0.719. The van der Waals surface area contributed by atoms with Crippen molar-refractivity contribution in [1.82, 2.24) is 14.8 Å². The maximum atomic E-state index is 9.34. The quantitative estimate of drug-likeness (QED) is 0.863. The van der Waals surface area contributed by atoms with Crippen LogP contribution >= 0.6 is 0 Å². The average Bonchev–Trinajstić information content (AvgIpc) is 2.93. The van der Waals surface area contributed by atoms with Crippen LogP contribution in [0.5, 0.6) is 0 Å². The maximum Gasteiger partial charge on any atom is 0.0995 e. The van der Waals surface area contributed by atoms with Crippen molar-refractivity contribution in [3.8, 4) is 6.07 Å². The van der Waals surface area contributed by atoms with Gasteiger partial charge in [-0.25, -0.2) is 0 Å². The Morgan fingerprint density at radius 3 is 2.72 bits per heavy atom. The molecule has 2 bridgehead atoms. The molecular formula is C21H24N4. The van der Waals surface area contributed by atoms with E-state index in [1.54, 1.807) is 0 Å². The molecule has 2 aromatic rings. The number of hydrogen-bond acceptors (Lipinski definition) is 4. The lowest BCUT2D eigenvalue weighted by Crippen LogP contribution is -2.43. The highest BCUT2D eigenvalue weighted by Crippen LogP contribution is 2.30. The highest BCUT2D eigenvalue weighted by Gasteiger charge is 2.34. The second-order valence-electron chi connectivity index (χ2n) is 7.31. The Hall–Kier alpha value is -2.22. The van der Waals surface area contributed by atoms with Gasteiger partial charge in [-0.15, -0.1) is 0 Å². The summed E-state index contributed by atoms with van der Waals surface area (Å²) in [5.41, 5.74) is 3.13. The normalized spacial score (nSPS) is 24.0. The molecule has 3 aliphatic rings. The number of nitriles is 1. The van der Waals surface area contributed by atoms with E-state index in [1.807, 2.05) is 30.5 Å². The van der Waals surface area contributed by atoms with Crippen molar-refractivity contribution in [2.45, 2.75) is 32.0 Å². The Balaban J connectivity index is 1.47. The number of benzene rings is 1. The average molecular weight is 332 g/mol. The molecule has 3 fully saturated rings. The molecule has 0 unspecified atom stereocenters. The van der Waals surface area contributed by atoms with Crippen LogP contribution in [0, 0.1) is 17.2 Å². The van der Waals surface area contributed by atoms with Crippen LogP contribution in [-0.2, 0) is 13.1 Å². The highest BCUT2D eigenvalue weighted by atomic mass is 15.3. The molecule has 4 nitrogen and oxygen atoms in total. The Morgan fingerprint density at radius 1 is 1.00 bits per heavy atom. The molecule has 1 aromatic heterocycles. The fraction of sp³-hybridized carbons (Fsp3) is 0.429. The Morgan fingerprint density at radius 2 is 1.88 bits per heavy atom. The van der Waals surface area contributed by atoms with Gasteiger partial charge < -0.3 is 0 Å². The molecule has 0 N–H and O–H groups in total. The van der Waals surface area contributed by atoms with Crippen LogP contribution in [0.2, 0.25) is 0 Å². The van der Waals surface area contributed by atoms with Crippen molar-refractivity contribution in [1.29, 1.82) is 5.26 Å². The summed E-state index contributed by atoms with van der Waals surface area (Å²) in [4.78, 5) is 9.68. The van der Waals surface area contributed by atoms with Crippen LogP contribution in [0.3, 0.4) is 0 Å². The lowest BCUT2D eigenvalue weighted by molar-refractivity contribution is 0.121. The molecule has 128 valence electrons. The fourth-order valence-corrected chi connectivity index (χ4v) is 4.31. The van der Waals surface area contributed by atoms with Crippen molar-refractivity contribution in [3.63, 3.8) is 0 Å². The Labute approximate surface area is 149 Å². The summed E-state index contributed by atoms with van der Waals surface area (Å²) in [6, 6.07) is 17.1. The van der Waals surface area contributed by atoms with E-state index in [9.17, 15) is 5.26 Å². The molecule has 4 heteroatoms. The first-order valence-electron chi connectivity index (χ1n) is 9.16. The number of aromatic nitrogens is 1. The molecule has 2 atom stereocenters. The van der Waals surface area contributed by atoms with E-state index >= 15 is 0 Å². The smallest absolute Gasteiger partial charge is 0.0995 e. The predicted octanol–water partition coefficient (Wildman–Crippen LogP) is 3.05. The van der Waals surface area contributed by atoms with Gasteiger partial charge in [-0.1, -0.05) is 24.3 Å². The zero-order chi connectivity index (χ0) is 17.1. The molecule has 5 rings (SSSR count). The number of nitrogens with zero attached hydrogens (tertiary/aromatic N) is 4. The van der Waals surface area contributed by atoms with Crippen LogP contribution < -0.4 is 0 Å². The molecule has 0 amide bonds. The minimum absolute atomic E-state index is 0.593. The first kappa shape index (κ1) is 16.3. The number of rotatable bonds is 4. The minimum Gasteiger partial charge on any atom is -0.297 e. The summed E-state index contributed by atoms with van der Waals surface area (Å²) in [6.45, 7) is 5.22. The first-order valence-corrected chi connectivity index (χ1v) is 9.16. The summed E-state index contributed by atoms with van der Waals surface area (Å²) < 4.78 is 0. The third-order valence-corrected chi connectivity index (χ3v) is 5.53. The van der Waals surface area contributed by atoms with Gasteiger partial charge in [0.15, 0.2) is 0 Å². The largest absolute Gasteiger partial charge is 0.297 e. The van der Waals surface area contributed by atoms with Gasteiger partial charge in [0.1, 0.15) is 0 Å². The van der Waals surface area contributed by atoms with E-state index in [-0.39, 0.29) is 0 Å². The topological polar surface area (TPSA) is 43.2 Å². The standard InChI is InChI=1S/C21H24N4/c22-11-18-5-1-2-6-19(18)14-24-12-17-8-9-21(16-24)25(13-17)15-20-7-3-4-10-23-20/h1-7,10,17,21H,8-9,12-16H2/t17-,21+/m1/s1. The molecule has 0 aliphatic carbocycles. The van der Waals surface area contributed by atoms with Crippen molar-refractivity contribution >= 4 is 0 Å². The Bertz CT molecular complexity index is 752. The van der Waals surface area contributed by atoms with E-state index in [0.717, 1.165) is 55.5 Å². The van der Waals surface area contributed by atoms with Crippen molar-refractivity contribution in [2.75, 3.05) is 19.6 Å². The van der Waals surface area contributed by atoms with Gasteiger partial charge in [-0.2, -0.15) is 5.26 Å². The Kier molecular flexibility index (Phi) is 4.78. The van der Waals surface area contributed by atoms with Gasteiger partial charge in [-0.05, 0) is 42.5 Å². The molecule has 3 saturated heterocycles. The molecule has 0 spiro atoms.